The fourth-order valence-corrected chi connectivity index (χ4v) is 2.94. The largest absolute Gasteiger partial charge is 0.483 e. The van der Waals surface area contributed by atoms with Gasteiger partial charge in [0.05, 0.1) is 6.21 Å². The van der Waals surface area contributed by atoms with Crippen LogP contribution in [0, 0.1) is 12.8 Å². The number of aryl methyl sites for hydroxylation is 1. The van der Waals surface area contributed by atoms with E-state index < -0.39 is 0 Å². The van der Waals surface area contributed by atoms with Crippen molar-refractivity contribution in [2.75, 3.05) is 6.61 Å². The molecule has 1 aromatic carbocycles. The Labute approximate surface area is 154 Å². The van der Waals surface area contributed by atoms with Crippen LogP contribution < -0.4 is 10.2 Å². The van der Waals surface area contributed by atoms with Gasteiger partial charge in [-0.1, -0.05) is 32.9 Å². The summed E-state index contributed by atoms with van der Waals surface area (Å²) in [5.41, 5.74) is 4.66. The standard InChI is InChI=1S/C21H26N2O3/c1-13(2)17-7-5-14(3)9-20(17)25-12-21(24)23-22-11-16-6-8-19(26-16)18-10-15(18)4/h5-9,11,13,15,18H,10,12H2,1-4H3,(H,23,24)/b22-11-/t15-,18+/m0/s1. The first-order valence-corrected chi connectivity index (χ1v) is 9.09. The number of rotatable bonds is 7. The topological polar surface area (TPSA) is 63.8 Å². The highest BCUT2D eigenvalue weighted by Crippen LogP contribution is 2.47. The summed E-state index contributed by atoms with van der Waals surface area (Å²) < 4.78 is 11.4. The van der Waals surface area contributed by atoms with Gasteiger partial charge in [0, 0.05) is 5.92 Å². The molecule has 26 heavy (non-hydrogen) atoms. The smallest absolute Gasteiger partial charge is 0.277 e. The van der Waals surface area contributed by atoms with Gasteiger partial charge in [0.2, 0.25) is 0 Å². The van der Waals surface area contributed by atoms with Crippen LogP contribution in [0.5, 0.6) is 5.75 Å². The van der Waals surface area contributed by atoms with Gasteiger partial charge in [-0.15, -0.1) is 0 Å². The van der Waals surface area contributed by atoms with Crippen molar-refractivity contribution in [3.05, 3.63) is 53.0 Å². The molecule has 1 fully saturated rings. The number of ether oxygens (including phenoxy) is 1. The molecule has 0 radical (unpaired) electrons. The molecule has 0 spiro atoms. The van der Waals surface area contributed by atoms with Gasteiger partial charge in [-0.25, -0.2) is 5.43 Å². The summed E-state index contributed by atoms with van der Waals surface area (Å²) in [4.78, 5) is 12.0. The van der Waals surface area contributed by atoms with Crippen LogP contribution in [0.25, 0.3) is 0 Å². The van der Waals surface area contributed by atoms with Gasteiger partial charge < -0.3 is 9.15 Å². The van der Waals surface area contributed by atoms with Gasteiger partial charge in [0.25, 0.3) is 5.91 Å². The molecule has 1 aliphatic rings. The number of hydrogen-bond acceptors (Lipinski definition) is 4. The number of nitrogens with zero attached hydrogens (tertiary/aromatic N) is 1. The molecular weight excluding hydrogens is 328 g/mol. The van der Waals surface area contributed by atoms with Crippen molar-refractivity contribution in [2.45, 2.75) is 46.0 Å². The quantitative estimate of drug-likeness (QED) is 0.593. The second-order valence-corrected chi connectivity index (χ2v) is 7.34. The Morgan fingerprint density at radius 3 is 2.85 bits per heavy atom. The summed E-state index contributed by atoms with van der Waals surface area (Å²) >= 11 is 0. The zero-order chi connectivity index (χ0) is 18.7. The fraction of sp³-hybridized carbons (Fsp3) is 0.429. The van der Waals surface area contributed by atoms with Crippen molar-refractivity contribution in [2.24, 2.45) is 11.0 Å². The van der Waals surface area contributed by atoms with Gasteiger partial charge in [-0.2, -0.15) is 5.10 Å². The van der Waals surface area contributed by atoms with Crippen LogP contribution in [0.1, 0.15) is 61.7 Å². The summed E-state index contributed by atoms with van der Waals surface area (Å²) in [6.45, 7) is 8.33. The number of nitrogens with one attached hydrogen (secondary N) is 1. The number of carbonyl (C=O) groups is 1. The van der Waals surface area contributed by atoms with Crippen LogP contribution in [-0.2, 0) is 4.79 Å². The van der Waals surface area contributed by atoms with Crippen molar-refractivity contribution < 1.29 is 13.9 Å². The first-order chi connectivity index (χ1) is 12.4. The third-order valence-electron chi connectivity index (χ3n) is 4.65. The number of hydrazone groups is 1. The lowest BCUT2D eigenvalue weighted by Crippen LogP contribution is -2.24. The molecule has 0 aliphatic heterocycles. The molecule has 1 aliphatic carbocycles. The second-order valence-electron chi connectivity index (χ2n) is 7.34. The van der Waals surface area contributed by atoms with Crippen molar-refractivity contribution in [1.29, 1.82) is 0 Å². The molecule has 0 saturated heterocycles. The SMILES string of the molecule is Cc1ccc(C(C)C)c(OCC(=O)N/N=C\c2ccc([C@@H]3C[C@@H]3C)o2)c1. The van der Waals surface area contributed by atoms with E-state index in [1.807, 2.05) is 37.3 Å². The molecule has 1 aromatic heterocycles. The highest BCUT2D eigenvalue weighted by Gasteiger charge is 2.36. The Hall–Kier alpha value is -2.56. The number of furan rings is 1. The maximum atomic E-state index is 12.0. The monoisotopic (exact) mass is 354 g/mol. The van der Waals surface area contributed by atoms with E-state index in [0.717, 1.165) is 22.6 Å². The van der Waals surface area contributed by atoms with E-state index >= 15 is 0 Å². The Morgan fingerprint density at radius 1 is 1.38 bits per heavy atom. The molecule has 2 aromatic rings. The first kappa shape index (κ1) is 18.2. The lowest BCUT2D eigenvalue weighted by Gasteiger charge is -2.14. The third-order valence-corrected chi connectivity index (χ3v) is 4.65. The molecular formula is C21H26N2O3. The predicted octanol–water partition coefficient (Wildman–Crippen LogP) is 4.36. The van der Waals surface area contributed by atoms with Crippen LogP contribution in [0.4, 0.5) is 0 Å². The summed E-state index contributed by atoms with van der Waals surface area (Å²) in [6.07, 6.45) is 2.69. The minimum absolute atomic E-state index is 0.0799. The normalized spacial score (nSPS) is 19.1. The van der Waals surface area contributed by atoms with E-state index in [2.05, 4.69) is 31.3 Å². The average molecular weight is 354 g/mol. The zero-order valence-electron chi connectivity index (χ0n) is 15.8. The number of hydrogen-bond donors (Lipinski definition) is 1. The van der Waals surface area contributed by atoms with Gasteiger partial charge >= 0.3 is 0 Å². The summed E-state index contributed by atoms with van der Waals surface area (Å²) in [5.74, 6) is 3.63. The van der Waals surface area contributed by atoms with Crippen LogP contribution >= 0.6 is 0 Å². The van der Waals surface area contributed by atoms with Gasteiger partial charge in [0.15, 0.2) is 6.61 Å². The maximum Gasteiger partial charge on any atom is 0.277 e. The zero-order valence-corrected chi connectivity index (χ0v) is 15.8. The summed E-state index contributed by atoms with van der Waals surface area (Å²) in [6, 6.07) is 9.89. The molecule has 1 N–H and O–H groups in total. The Bertz CT molecular complexity index is 807. The Kier molecular flexibility index (Phi) is 5.45. The van der Waals surface area contributed by atoms with Crippen LogP contribution in [0.3, 0.4) is 0 Å². The van der Waals surface area contributed by atoms with Crippen LogP contribution in [0.15, 0.2) is 39.9 Å². The van der Waals surface area contributed by atoms with Crippen molar-refractivity contribution in [3.63, 3.8) is 0 Å². The summed E-state index contributed by atoms with van der Waals surface area (Å²) in [5, 5.41) is 3.94. The lowest BCUT2D eigenvalue weighted by molar-refractivity contribution is -0.123. The van der Waals surface area contributed by atoms with Gasteiger partial charge in [-0.05, 0) is 54.5 Å². The molecule has 0 unspecified atom stereocenters. The van der Waals surface area contributed by atoms with Gasteiger partial charge in [-0.3, -0.25) is 4.79 Å². The number of benzene rings is 1. The predicted molar refractivity (Wildman–Crippen MR) is 102 cm³/mol. The molecule has 0 bridgehead atoms. The average Bonchev–Trinajstić information content (AvgIpc) is 3.14. The van der Waals surface area contributed by atoms with Crippen molar-refractivity contribution >= 4 is 12.1 Å². The summed E-state index contributed by atoms with van der Waals surface area (Å²) in [7, 11) is 0. The Morgan fingerprint density at radius 2 is 2.15 bits per heavy atom. The first-order valence-electron chi connectivity index (χ1n) is 9.09. The van der Waals surface area contributed by atoms with E-state index in [1.54, 1.807) is 0 Å². The molecule has 3 rings (SSSR count). The minimum atomic E-state index is -0.306. The molecule has 138 valence electrons. The highest BCUT2D eigenvalue weighted by molar-refractivity contribution is 5.81. The van der Waals surface area contributed by atoms with Crippen molar-refractivity contribution in [1.82, 2.24) is 5.43 Å². The second kappa shape index (κ2) is 7.77. The van der Waals surface area contributed by atoms with Crippen molar-refractivity contribution in [3.8, 4) is 5.75 Å². The third kappa shape index (κ3) is 4.54. The van der Waals surface area contributed by atoms with E-state index in [0.29, 0.717) is 23.5 Å². The minimum Gasteiger partial charge on any atom is -0.483 e. The maximum absolute atomic E-state index is 12.0. The molecule has 1 amide bonds. The number of amides is 1. The molecule has 2 atom stereocenters. The highest BCUT2D eigenvalue weighted by atomic mass is 16.5. The van der Waals surface area contributed by atoms with E-state index in [1.165, 1.54) is 12.6 Å². The molecule has 5 heteroatoms. The molecule has 1 heterocycles. The van der Waals surface area contributed by atoms with E-state index in [-0.39, 0.29) is 12.5 Å². The van der Waals surface area contributed by atoms with Gasteiger partial charge in [0.1, 0.15) is 17.3 Å². The number of carbonyl (C=O) groups excluding carboxylic acids is 1. The van der Waals surface area contributed by atoms with E-state index in [4.69, 9.17) is 9.15 Å². The molecule has 5 nitrogen and oxygen atoms in total. The fourth-order valence-electron chi connectivity index (χ4n) is 2.94. The van der Waals surface area contributed by atoms with E-state index in [9.17, 15) is 4.79 Å². The van der Waals surface area contributed by atoms with Crippen LogP contribution in [-0.4, -0.2) is 18.7 Å². The molecule has 1 saturated carbocycles. The lowest BCUT2D eigenvalue weighted by atomic mass is 10.0. The van der Waals surface area contributed by atoms with Crippen LogP contribution in [0.2, 0.25) is 0 Å². The Balaban J connectivity index is 1.50.